The van der Waals surface area contributed by atoms with Crippen molar-refractivity contribution >= 4 is 11.6 Å². The molecule has 132 valence electrons. The van der Waals surface area contributed by atoms with E-state index in [1.54, 1.807) is 12.4 Å². The van der Waals surface area contributed by atoms with Crippen molar-refractivity contribution in [3.8, 4) is 17.1 Å². The molecule has 0 saturated carbocycles. The predicted octanol–water partition coefficient (Wildman–Crippen LogP) is 4.86. The van der Waals surface area contributed by atoms with E-state index < -0.39 is 0 Å². The lowest BCUT2D eigenvalue weighted by Crippen LogP contribution is -2.03. The standard InChI is InChI=1S/C22H18N4O/c1-2-8-17(9-3-1)16-27-20-13-12-19(18-10-4-6-14-23-18)25-22(20)26-21-11-5-7-15-24-21/h1-15H,16H2,(H,24,25,26). The van der Waals surface area contributed by atoms with Crippen LogP contribution in [0.5, 0.6) is 5.75 Å². The van der Waals surface area contributed by atoms with E-state index in [1.165, 1.54) is 0 Å². The Hall–Kier alpha value is -3.73. The van der Waals surface area contributed by atoms with Crippen LogP contribution in [0.3, 0.4) is 0 Å². The monoisotopic (exact) mass is 354 g/mol. The first kappa shape index (κ1) is 16.7. The topological polar surface area (TPSA) is 59.9 Å². The molecule has 0 atom stereocenters. The molecule has 0 bridgehead atoms. The Kier molecular flexibility index (Phi) is 5.02. The first-order valence-corrected chi connectivity index (χ1v) is 8.66. The molecule has 0 aliphatic heterocycles. The average molecular weight is 354 g/mol. The van der Waals surface area contributed by atoms with Crippen LogP contribution in [0, 0.1) is 0 Å². The second kappa shape index (κ2) is 8.10. The van der Waals surface area contributed by atoms with Crippen molar-refractivity contribution in [1.82, 2.24) is 15.0 Å². The molecule has 1 N–H and O–H groups in total. The summed E-state index contributed by atoms with van der Waals surface area (Å²) in [6.07, 6.45) is 3.48. The Balaban J connectivity index is 1.64. The third-order valence-corrected chi connectivity index (χ3v) is 3.93. The van der Waals surface area contributed by atoms with E-state index in [2.05, 4.69) is 15.3 Å². The maximum atomic E-state index is 6.01. The minimum Gasteiger partial charge on any atom is -0.485 e. The van der Waals surface area contributed by atoms with Crippen LogP contribution >= 0.6 is 0 Å². The largest absolute Gasteiger partial charge is 0.485 e. The van der Waals surface area contributed by atoms with Crippen molar-refractivity contribution in [3.63, 3.8) is 0 Å². The minimum atomic E-state index is 0.461. The molecular formula is C22H18N4O. The number of pyridine rings is 3. The lowest BCUT2D eigenvalue weighted by molar-refractivity contribution is 0.307. The van der Waals surface area contributed by atoms with Gasteiger partial charge in [-0.1, -0.05) is 42.5 Å². The zero-order valence-corrected chi connectivity index (χ0v) is 14.6. The summed E-state index contributed by atoms with van der Waals surface area (Å²) in [4.78, 5) is 13.4. The van der Waals surface area contributed by atoms with Gasteiger partial charge in [-0.25, -0.2) is 9.97 Å². The number of ether oxygens (including phenoxy) is 1. The summed E-state index contributed by atoms with van der Waals surface area (Å²) in [6, 6.07) is 25.3. The molecule has 0 amide bonds. The van der Waals surface area contributed by atoms with Crippen LogP contribution in [0.15, 0.2) is 91.3 Å². The molecular weight excluding hydrogens is 336 g/mol. The summed E-state index contributed by atoms with van der Waals surface area (Å²) in [5.74, 6) is 1.96. The molecule has 0 aliphatic rings. The summed E-state index contributed by atoms with van der Waals surface area (Å²) < 4.78 is 6.01. The smallest absolute Gasteiger partial charge is 0.175 e. The van der Waals surface area contributed by atoms with Crippen LogP contribution in [0.4, 0.5) is 11.6 Å². The van der Waals surface area contributed by atoms with Crippen LogP contribution in [0.2, 0.25) is 0 Å². The molecule has 4 rings (SSSR count). The number of rotatable bonds is 6. The van der Waals surface area contributed by atoms with Gasteiger partial charge >= 0.3 is 0 Å². The van der Waals surface area contributed by atoms with Crippen molar-refractivity contribution in [2.24, 2.45) is 0 Å². The van der Waals surface area contributed by atoms with Gasteiger partial charge in [-0.15, -0.1) is 0 Å². The minimum absolute atomic E-state index is 0.461. The number of nitrogens with zero attached hydrogens (tertiary/aromatic N) is 3. The Labute approximate surface area is 157 Å². The molecule has 5 nitrogen and oxygen atoms in total. The Bertz CT molecular complexity index is 992. The van der Waals surface area contributed by atoms with E-state index in [9.17, 15) is 0 Å². The van der Waals surface area contributed by atoms with Gasteiger partial charge in [-0.2, -0.15) is 0 Å². The first-order chi connectivity index (χ1) is 13.4. The lowest BCUT2D eigenvalue weighted by Gasteiger charge is -2.13. The number of anilines is 2. The molecule has 0 aliphatic carbocycles. The summed E-state index contributed by atoms with van der Waals surface area (Å²) >= 11 is 0. The molecule has 0 radical (unpaired) electrons. The SMILES string of the molecule is c1ccc(COc2ccc(-c3ccccn3)nc2Nc2ccccn2)cc1. The zero-order chi connectivity index (χ0) is 18.3. The lowest BCUT2D eigenvalue weighted by atomic mass is 10.2. The first-order valence-electron chi connectivity index (χ1n) is 8.66. The summed E-state index contributed by atoms with van der Waals surface area (Å²) in [5.41, 5.74) is 2.66. The van der Waals surface area contributed by atoms with Crippen molar-refractivity contribution < 1.29 is 4.74 Å². The fourth-order valence-corrected chi connectivity index (χ4v) is 2.60. The van der Waals surface area contributed by atoms with E-state index in [4.69, 9.17) is 9.72 Å². The molecule has 0 spiro atoms. The molecule has 0 unspecified atom stereocenters. The maximum Gasteiger partial charge on any atom is 0.175 e. The van der Waals surface area contributed by atoms with Gasteiger partial charge in [0.1, 0.15) is 12.4 Å². The second-order valence-electron chi connectivity index (χ2n) is 5.87. The third-order valence-electron chi connectivity index (χ3n) is 3.93. The highest BCUT2D eigenvalue weighted by Crippen LogP contribution is 2.29. The Morgan fingerprint density at radius 2 is 1.48 bits per heavy atom. The Morgan fingerprint density at radius 3 is 2.22 bits per heavy atom. The van der Waals surface area contributed by atoms with Crippen LogP contribution in [0.25, 0.3) is 11.4 Å². The Morgan fingerprint density at radius 1 is 0.704 bits per heavy atom. The fourth-order valence-electron chi connectivity index (χ4n) is 2.60. The van der Waals surface area contributed by atoms with E-state index in [-0.39, 0.29) is 0 Å². The van der Waals surface area contributed by atoms with Gasteiger partial charge in [0.25, 0.3) is 0 Å². The predicted molar refractivity (Wildman–Crippen MR) is 106 cm³/mol. The van der Waals surface area contributed by atoms with Gasteiger partial charge in [-0.3, -0.25) is 4.98 Å². The summed E-state index contributed by atoms with van der Waals surface area (Å²) in [7, 11) is 0. The second-order valence-corrected chi connectivity index (χ2v) is 5.87. The summed E-state index contributed by atoms with van der Waals surface area (Å²) in [5, 5.41) is 3.24. The van der Waals surface area contributed by atoms with Gasteiger partial charge in [0, 0.05) is 12.4 Å². The number of nitrogens with one attached hydrogen (secondary N) is 1. The molecule has 0 fully saturated rings. The van der Waals surface area contributed by atoms with Crippen LogP contribution in [-0.4, -0.2) is 15.0 Å². The average Bonchev–Trinajstić information content (AvgIpc) is 2.75. The highest BCUT2D eigenvalue weighted by molar-refractivity contribution is 5.65. The van der Waals surface area contributed by atoms with Gasteiger partial charge in [0.15, 0.2) is 11.6 Å². The number of aromatic nitrogens is 3. The van der Waals surface area contributed by atoms with Gasteiger partial charge in [0.05, 0.1) is 11.4 Å². The summed E-state index contributed by atoms with van der Waals surface area (Å²) in [6.45, 7) is 0.461. The van der Waals surface area contributed by atoms with Crippen molar-refractivity contribution in [1.29, 1.82) is 0 Å². The maximum absolute atomic E-state index is 6.01. The van der Waals surface area contributed by atoms with Crippen LogP contribution < -0.4 is 10.1 Å². The van der Waals surface area contributed by atoms with Crippen LogP contribution in [0.1, 0.15) is 5.56 Å². The highest BCUT2D eigenvalue weighted by atomic mass is 16.5. The number of hydrogen-bond donors (Lipinski definition) is 1. The zero-order valence-electron chi connectivity index (χ0n) is 14.6. The third kappa shape index (κ3) is 4.27. The molecule has 27 heavy (non-hydrogen) atoms. The van der Waals surface area contributed by atoms with Gasteiger partial charge in [0.2, 0.25) is 0 Å². The van der Waals surface area contributed by atoms with Gasteiger partial charge in [-0.05, 0) is 42.0 Å². The molecule has 4 aromatic rings. The van der Waals surface area contributed by atoms with E-state index in [0.29, 0.717) is 24.0 Å². The molecule has 3 aromatic heterocycles. The number of benzene rings is 1. The molecule has 3 heterocycles. The van der Waals surface area contributed by atoms with E-state index in [1.807, 2.05) is 78.9 Å². The molecule has 5 heteroatoms. The fraction of sp³-hybridized carbons (Fsp3) is 0.0455. The van der Waals surface area contributed by atoms with Crippen molar-refractivity contribution in [3.05, 3.63) is 96.8 Å². The molecule has 1 aromatic carbocycles. The molecule has 0 saturated heterocycles. The van der Waals surface area contributed by atoms with E-state index in [0.717, 1.165) is 17.0 Å². The van der Waals surface area contributed by atoms with Crippen LogP contribution in [-0.2, 0) is 6.61 Å². The number of hydrogen-bond acceptors (Lipinski definition) is 5. The van der Waals surface area contributed by atoms with E-state index >= 15 is 0 Å². The van der Waals surface area contributed by atoms with Gasteiger partial charge < -0.3 is 10.1 Å². The normalized spacial score (nSPS) is 10.4. The van der Waals surface area contributed by atoms with Crippen molar-refractivity contribution in [2.75, 3.05) is 5.32 Å². The highest BCUT2D eigenvalue weighted by Gasteiger charge is 2.10. The quantitative estimate of drug-likeness (QED) is 0.536. The van der Waals surface area contributed by atoms with Crippen molar-refractivity contribution in [2.45, 2.75) is 6.61 Å².